The van der Waals surface area contributed by atoms with Gasteiger partial charge in [0.25, 0.3) is 15.9 Å². The smallest absolute Gasteiger partial charge is 0.264 e. The van der Waals surface area contributed by atoms with Crippen molar-refractivity contribution in [1.29, 1.82) is 0 Å². The Morgan fingerprint density at radius 1 is 1.00 bits per heavy atom. The zero-order valence-electron chi connectivity index (χ0n) is 26.4. The third-order valence-corrected chi connectivity index (χ3v) is 9.80. The van der Waals surface area contributed by atoms with Gasteiger partial charge in [-0.1, -0.05) is 45.0 Å². The lowest BCUT2D eigenvalue weighted by atomic mass is 9.87. The van der Waals surface area contributed by atoms with Crippen LogP contribution in [0, 0.1) is 19.3 Å². The molecule has 1 aliphatic carbocycles. The van der Waals surface area contributed by atoms with Gasteiger partial charge in [-0.2, -0.15) is 10.1 Å². The van der Waals surface area contributed by atoms with Gasteiger partial charge >= 0.3 is 0 Å². The molecular formula is C34H40N6O4S. The normalized spacial score (nSPS) is 18.6. The molecule has 2 aromatic carbocycles. The monoisotopic (exact) mass is 628 g/mol. The largest absolute Gasteiger partial charge is 0.475 e. The van der Waals surface area contributed by atoms with E-state index in [2.05, 4.69) is 35.5 Å². The zero-order valence-corrected chi connectivity index (χ0v) is 27.3. The van der Waals surface area contributed by atoms with Crippen LogP contribution in [0.15, 0.2) is 65.7 Å². The Labute approximate surface area is 264 Å². The molecular weight excluding hydrogens is 588 g/mol. The highest BCUT2D eigenvalue weighted by Gasteiger charge is 2.32. The van der Waals surface area contributed by atoms with E-state index in [1.807, 2.05) is 49.0 Å². The third kappa shape index (κ3) is 6.73. The summed E-state index contributed by atoms with van der Waals surface area (Å²) in [5, 5.41) is 4.83. The minimum Gasteiger partial charge on any atom is -0.475 e. The van der Waals surface area contributed by atoms with E-state index in [1.165, 1.54) is 18.6 Å². The van der Waals surface area contributed by atoms with E-state index in [-0.39, 0.29) is 52.8 Å². The Kier molecular flexibility index (Phi) is 8.15. The summed E-state index contributed by atoms with van der Waals surface area (Å²) in [7, 11) is -4.14. The lowest BCUT2D eigenvalue weighted by molar-refractivity contribution is 0.0508. The topological polar surface area (TPSA) is 119 Å². The number of amides is 1. The molecule has 236 valence electrons. The van der Waals surface area contributed by atoms with Gasteiger partial charge in [-0.05, 0) is 80.3 Å². The second kappa shape index (κ2) is 11.9. The fourth-order valence-electron chi connectivity index (χ4n) is 6.04. The van der Waals surface area contributed by atoms with Gasteiger partial charge in [-0.3, -0.25) is 9.48 Å². The first-order valence-corrected chi connectivity index (χ1v) is 16.9. The van der Waals surface area contributed by atoms with Crippen LogP contribution in [0.2, 0.25) is 0 Å². The van der Waals surface area contributed by atoms with Crippen molar-refractivity contribution in [2.75, 3.05) is 11.3 Å². The van der Waals surface area contributed by atoms with Crippen LogP contribution in [0.1, 0.15) is 79.7 Å². The number of carbonyl (C=O) groups excluding carboxylic acids is 1. The van der Waals surface area contributed by atoms with Gasteiger partial charge in [-0.25, -0.2) is 18.1 Å². The average molecular weight is 629 g/mol. The number of nitrogens with one attached hydrogen (secondary N) is 1. The maximum atomic E-state index is 14.3. The standard InChI is InChI=1S/C34H40N6O4S/c1-22-9-6-10-23(2)31(22)29-18-30-36-33(35-29)38-45(42,43)28-14-7-11-24(17-28)32(41)39(27(21-44-30)19-34(3,4)5)20-25-15-16-40(37-25)26-12-8-13-26/h6-7,9-11,14-18,26-27H,8,12-13,19-21H2,1-5H3,(H,35,36,38)/t27-/m1/s1. The molecule has 45 heavy (non-hydrogen) atoms. The van der Waals surface area contributed by atoms with Gasteiger partial charge in [-0.15, -0.1) is 0 Å². The van der Waals surface area contributed by atoms with E-state index in [1.54, 1.807) is 23.1 Å². The summed E-state index contributed by atoms with van der Waals surface area (Å²) in [5.74, 6) is -0.185. The molecule has 4 aromatic rings. The maximum absolute atomic E-state index is 14.3. The van der Waals surface area contributed by atoms with Crippen molar-refractivity contribution in [3.8, 4) is 17.1 Å². The summed E-state index contributed by atoms with van der Waals surface area (Å²) in [6, 6.07) is 15.7. The Morgan fingerprint density at radius 2 is 1.73 bits per heavy atom. The number of fused-ring (bicyclic) bond motifs is 4. The molecule has 4 bridgehead atoms. The van der Waals surface area contributed by atoms with Gasteiger partial charge in [0.05, 0.1) is 34.9 Å². The van der Waals surface area contributed by atoms with Crippen molar-refractivity contribution >= 4 is 21.9 Å². The molecule has 1 fully saturated rings. The van der Waals surface area contributed by atoms with Crippen molar-refractivity contribution in [1.82, 2.24) is 24.6 Å². The van der Waals surface area contributed by atoms with Gasteiger partial charge in [0.1, 0.15) is 6.61 Å². The molecule has 1 amide bonds. The number of ether oxygens (including phenoxy) is 1. The van der Waals surface area contributed by atoms with Crippen LogP contribution >= 0.6 is 0 Å². The van der Waals surface area contributed by atoms with E-state index in [0.29, 0.717) is 18.2 Å². The minimum absolute atomic E-state index is 0.0577. The summed E-state index contributed by atoms with van der Waals surface area (Å²) in [6.07, 6.45) is 6.00. The van der Waals surface area contributed by atoms with Gasteiger partial charge in [0.2, 0.25) is 11.8 Å². The number of carbonyl (C=O) groups is 1. The van der Waals surface area contributed by atoms with E-state index in [0.717, 1.165) is 35.2 Å². The lowest BCUT2D eigenvalue weighted by Gasteiger charge is -2.35. The minimum atomic E-state index is -4.14. The first kappa shape index (κ1) is 30.8. The molecule has 10 nitrogen and oxygen atoms in total. The highest BCUT2D eigenvalue weighted by atomic mass is 32.2. The fourth-order valence-corrected chi connectivity index (χ4v) is 7.03. The van der Waals surface area contributed by atoms with Crippen molar-refractivity contribution in [2.24, 2.45) is 5.41 Å². The van der Waals surface area contributed by atoms with Crippen LogP contribution in [-0.4, -0.2) is 51.6 Å². The van der Waals surface area contributed by atoms with E-state index in [4.69, 9.17) is 9.84 Å². The number of aromatic nitrogens is 4. The number of anilines is 1. The summed E-state index contributed by atoms with van der Waals surface area (Å²) in [5.41, 5.74) is 4.27. The van der Waals surface area contributed by atoms with Gasteiger partial charge < -0.3 is 9.64 Å². The maximum Gasteiger partial charge on any atom is 0.264 e. The van der Waals surface area contributed by atoms with Crippen molar-refractivity contribution < 1.29 is 17.9 Å². The number of hydrogen-bond donors (Lipinski definition) is 1. The Bertz CT molecular complexity index is 1820. The Morgan fingerprint density at radius 3 is 2.42 bits per heavy atom. The molecule has 1 N–H and O–H groups in total. The van der Waals surface area contributed by atoms with Gasteiger partial charge in [0.15, 0.2) is 0 Å². The first-order chi connectivity index (χ1) is 21.4. The summed E-state index contributed by atoms with van der Waals surface area (Å²) < 4.78 is 38.1. The molecule has 1 saturated carbocycles. The Balaban J connectivity index is 1.47. The molecule has 2 aromatic heterocycles. The van der Waals surface area contributed by atoms with Crippen LogP contribution in [-0.2, 0) is 16.6 Å². The first-order valence-electron chi connectivity index (χ1n) is 15.4. The highest BCUT2D eigenvalue weighted by molar-refractivity contribution is 7.92. The predicted octanol–water partition coefficient (Wildman–Crippen LogP) is 6.32. The molecule has 2 aliphatic rings. The van der Waals surface area contributed by atoms with Crippen molar-refractivity contribution in [2.45, 2.75) is 83.8 Å². The number of sulfonamides is 1. The fraction of sp³-hybridized carbons (Fsp3) is 0.412. The van der Waals surface area contributed by atoms with Crippen LogP contribution in [0.4, 0.5) is 5.95 Å². The number of aryl methyl sites for hydroxylation is 2. The second-order valence-corrected chi connectivity index (χ2v) is 15.0. The second-order valence-electron chi connectivity index (χ2n) is 13.3. The summed E-state index contributed by atoms with van der Waals surface area (Å²) >= 11 is 0. The molecule has 0 radical (unpaired) electrons. The molecule has 0 spiro atoms. The van der Waals surface area contributed by atoms with Crippen LogP contribution in [0.5, 0.6) is 5.88 Å². The number of benzene rings is 2. The number of hydrogen-bond acceptors (Lipinski definition) is 7. The van der Waals surface area contributed by atoms with Crippen LogP contribution in [0.25, 0.3) is 11.3 Å². The molecule has 0 unspecified atom stereocenters. The number of rotatable bonds is 5. The predicted molar refractivity (Wildman–Crippen MR) is 173 cm³/mol. The van der Waals surface area contributed by atoms with Crippen molar-refractivity contribution in [3.05, 3.63) is 83.2 Å². The SMILES string of the molecule is Cc1cccc(C)c1-c1cc2nc(n1)NS(=O)(=O)c1cccc(c1)C(=O)N(Cc1ccn(C3CCC3)n1)[C@H](CC(C)(C)C)CO2. The summed E-state index contributed by atoms with van der Waals surface area (Å²) in [6.45, 7) is 10.7. The molecule has 0 saturated heterocycles. The van der Waals surface area contributed by atoms with Crippen LogP contribution in [0.3, 0.4) is 0 Å². The Hall–Kier alpha value is -4.25. The highest BCUT2D eigenvalue weighted by Crippen LogP contribution is 2.33. The van der Waals surface area contributed by atoms with E-state index >= 15 is 0 Å². The van der Waals surface area contributed by atoms with Gasteiger partial charge in [0, 0.05) is 23.4 Å². The number of nitrogens with zero attached hydrogens (tertiary/aromatic N) is 5. The van der Waals surface area contributed by atoms with E-state index in [9.17, 15) is 13.2 Å². The molecule has 6 rings (SSSR count). The molecule has 1 atom stereocenters. The quantitative estimate of drug-likeness (QED) is 0.275. The van der Waals surface area contributed by atoms with Crippen LogP contribution < -0.4 is 9.46 Å². The zero-order chi connectivity index (χ0) is 31.9. The van der Waals surface area contributed by atoms with E-state index < -0.39 is 10.0 Å². The average Bonchev–Trinajstić information content (AvgIpc) is 3.39. The third-order valence-electron chi connectivity index (χ3n) is 8.47. The molecule has 11 heteroatoms. The van der Waals surface area contributed by atoms with Crippen molar-refractivity contribution in [3.63, 3.8) is 0 Å². The molecule has 1 aliphatic heterocycles. The molecule has 3 heterocycles. The lowest BCUT2D eigenvalue weighted by Crippen LogP contribution is -2.45. The summed E-state index contributed by atoms with van der Waals surface area (Å²) in [4.78, 5) is 25.1.